The van der Waals surface area contributed by atoms with Crippen LogP contribution in [0.15, 0.2) is 73.2 Å². The van der Waals surface area contributed by atoms with Gasteiger partial charge in [0, 0.05) is 18.3 Å². The number of carbonyl (C=O) groups is 3. The second kappa shape index (κ2) is 12.9. The molecule has 1 heterocycles. The van der Waals surface area contributed by atoms with Crippen LogP contribution in [0, 0.1) is 5.92 Å². The maximum absolute atomic E-state index is 13.1. The number of benzene rings is 2. The van der Waals surface area contributed by atoms with Gasteiger partial charge in [-0.05, 0) is 17.0 Å². The number of nitrogens with zero attached hydrogens (tertiary/aromatic N) is 1. The average molecular weight is 479 g/mol. The van der Waals surface area contributed by atoms with Gasteiger partial charge in [-0.15, -0.1) is 0 Å². The summed E-state index contributed by atoms with van der Waals surface area (Å²) in [6, 6.07) is 16.6. The molecule has 184 valence electrons. The predicted octanol–water partition coefficient (Wildman–Crippen LogP) is 3.13. The van der Waals surface area contributed by atoms with E-state index in [1.54, 1.807) is 20.0 Å². The molecule has 3 aromatic rings. The Balaban J connectivity index is 1.62. The molecule has 0 fully saturated rings. The Labute approximate surface area is 204 Å². The lowest BCUT2D eigenvalue weighted by molar-refractivity contribution is -0.150. The SMILES string of the molecule is CC(C)[C@@H](NC(=O)[C@H](Cc1cnc[nH]1)NC(=O)OCc1ccccc1)C(=O)OCc1ccccc1. The number of ether oxygens (including phenoxy) is 2. The van der Waals surface area contributed by atoms with Gasteiger partial charge in [-0.25, -0.2) is 14.6 Å². The molecule has 0 aliphatic rings. The fourth-order valence-electron chi connectivity index (χ4n) is 3.30. The van der Waals surface area contributed by atoms with Gasteiger partial charge in [0.15, 0.2) is 0 Å². The van der Waals surface area contributed by atoms with E-state index in [1.807, 2.05) is 60.7 Å². The maximum atomic E-state index is 13.1. The van der Waals surface area contributed by atoms with Crippen molar-refractivity contribution in [3.63, 3.8) is 0 Å². The van der Waals surface area contributed by atoms with Crippen LogP contribution in [-0.2, 0) is 38.7 Å². The fourth-order valence-corrected chi connectivity index (χ4v) is 3.30. The van der Waals surface area contributed by atoms with Gasteiger partial charge in [-0.2, -0.15) is 0 Å². The van der Waals surface area contributed by atoms with E-state index in [0.717, 1.165) is 11.1 Å². The maximum Gasteiger partial charge on any atom is 0.408 e. The molecule has 0 bridgehead atoms. The number of nitrogens with one attached hydrogen (secondary N) is 3. The number of carbonyl (C=O) groups excluding carboxylic acids is 3. The van der Waals surface area contributed by atoms with Crippen molar-refractivity contribution >= 4 is 18.0 Å². The van der Waals surface area contributed by atoms with Crippen molar-refractivity contribution in [2.24, 2.45) is 5.92 Å². The molecule has 2 atom stereocenters. The molecule has 3 rings (SSSR count). The van der Waals surface area contributed by atoms with E-state index in [4.69, 9.17) is 9.47 Å². The van der Waals surface area contributed by atoms with Gasteiger partial charge in [-0.1, -0.05) is 74.5 Å². The highest BCUT2D eigenvalue weighted by Crippen LogP contribution is 2.09. The first-order chi connectivity index (χ1) is 16.9. The van der Waals surface area contributed by atoms with E-state index in [9.17, 15) is 14.4 Å². The van der Waals surface area contributed by atoms with Crippen LogP contribution >= 0.6 is 0 Å². The average Bonchev–Trinajstić information content (AvgIpc) is 3.38. The standard InChI is InChI=1S/C26H30N4O5/c1-18(2)23(25(32)34-15-19-9-5-3-6-10-19)30-24(31)22(13-21-14-27-17-28-21)29-26(33)35-16-20-11-7-4-8-12-20/h3-12,14,17-18,22-23H,13,15-16H2,1-2H3,(H,27,28)(H,29,33)(H,30,31)/t22-,23+/m0/s1. The highest BCUT2D eigenvalue weighted by molar-refractivity contribution is 5.90. The van der Waals surface area contributed by atoms with Gasteiger partial charge in [0.05, 0.1) is 6.33 Å². The van der Waals surface area contributed by atoms with Crippen molar-refractivity contribution < 1.29 is 23.9 Å². The van der Waals surface area contributed by atoms with E-state index in [0.29, 0.717) is 5.69 Å². The molecule has 9 nitrogen and oxygen atoms in total. The molecule has 0 spiro atoms. The van der Waals surface area contributed by atoms with Gasteiger partial charge < -0.3 is 25.1 Å². The van der Waals surface area contributed by atoms with E-state index in [1.165, 1.54) is 6.33 Å². The van der Waals surface area contributed by atoms with Crippen molar-refractivity contribution in [3.05, 3.63) is 90.0 Å². The molecule has 0 unspecified atom stereocenters. The molecule has 2 amide bonds. The first kappa shape index (κ1) is 25.5. The third-order valence-electron chi connectivity index (χ3n) is 5.24. The molecule has 9 heteroatoms. The molecule has 0 radical (unpaired) electrons. The third kappa shape index (κ3) is 8.29. The Kier molecular flexibility index (Phi) is 9.41. The topological polar surface area (TPSA) is 122 Å². The first-order valence-corrected chi connectivity index (χ1v) is 11.4. The van der Waals surface area contributed by atoms with Crippen LogP contribution in [0.2, 0.25) is 0 Å². The number of H-pyrrole nitrogens is 1. The van der Waals surface area contributed by atoms with Crippen molar-refractivity contribution in [2.75, 3.05) is 0 Å². The van der Waals surface area contributed by atoms with Crippen molar-refractivity contribution in [2.45, 2.75) is 45.6 Å². The summed E-state index contributed by atoms with van der Waals surface area (Å²) < 4.78 is 10.7. The minimum Gasteiger partial charge on any atom is -0.459 e. The molecule has 0 saturated carbocycles. The summed E-state index contributed by atoms with van der Waals surface area (Å²) in [5.41, 5.74) is 2.30. The number of hydrogen-bond acceptors (Lipinski definition) is 6. The third-order valence-corrected chi connectivity index (χ3v) is 5.24. The minimum absolute atomic E-state index is 0.0610. The van der Waals surface area contributed by atoms with Gasteiger partial charge in [0.25, 0.3) is 0 Å². The Hall–Kier alpha value is -4.14. The molecule has 0 aliphatic carbocycles. The zero-order valence-corrected chi connectivity index (χ0v) is 19.8. The summed E-state index contributed by atoms with van der Waals surface area (Å²) in [5, 5.41) is 5.32. The van der Waals surface area contributed by atoms with Crippen molar-refractivity contribution in [3.8, 4) is 0 Å². The van der Waals surface area contributed by atoms with Crippen molar-refractivity contribution in [1.82, 2.24) is 20.6 Å². The highest BCUT2D eigenvalue weighted by Gasteiger charge is 2.30. The first-order valence-electron chi connectivity index (χ1n) is 11.4. The van der Waals surface area contributed by atoms with Crippen LogP contribution in [0.3, 0.4) is 0 Å². The molecule has 0 saturated heterocycles. The Morgan fingerprint density at radius 2 is 1.49 bits per heavy atom. The zero-order chi connectivity index (χ0) is 25.0. The second-order valence-corrected chi connectivity index (χ2v) is 8.36. The molecule has 2 aromatic carbocycles. The molecule has 0 aliphatic heterocycles. The molecule has 3 N–H and O–H groups in total. The number of aromatic amines is 1. The summed E-state index contributed by atoms with van der Waals surface area (Å²) in [6.07, 6.45) is 2.43. The van der Waals surface area contributed by atoms with Gasteiger partial charge in [0.2, 0.25) is 5.91 Å². The Bertz CT molecular complexity index is 1070. The zero-order valence-electron chi connectivity index (χ0n) is 19.8. The van der Waals surface area contributed by atoms with Crippen LogP contribution in [0.4, 0.5) is 4.79 Å². The van der Waals surface area contributed by atoms with E-state index in [-0.39, 0.29) is 25.6 Å². The number of rotatable bonds is 11. The lowest BCUT2D eigenvalue weighted by Gasteiger charge is -2.24. The quantitative estimate of drug-likeness (QED) is 0.364. The number of imidazole rings is 1. The monoisotopic (exact) mass is 478 g/mol. The lowest BCUT2D eigenvalue weighted by Crippen LogP contribution is -2.54. The Morgan fingerprint density at radius 3 is 2.03 bits per heavy atom. The van der Waals surface area contributed by atoms with Crippen LogP contribution in [0.5, 0.6) is 0 Å². The lowest BCUT2D eigenvalue weighted by atomic mass is 10.0. The van der Waals surface area contributed by atoms with Crippen LogP contribution in [0.25, 0.3) is 0 Å². The number of amides is 2. The largest absolute Gasteiger partial charge is 0.459 e. The second-order valence-electron chi connectivity index (χ2n) is 8.36. The summed E-state index contributed by atoms with van der Waals surface area (Å²) in [5.74, 6) is -1.32. The molecule has 1 aromatic heterocycles. The van der Waals surface area contributed by atoms with Crippen LogP contribution in [-0.4, -0.2) is 40.0 Å². The fraction of sp³-hybridized carbons (Fsp3) is 0.308. The van der Waals surface area contributed by atoms with E-state index < -0.39 is 30.1 Å². The van der Waals surface area contributed by atoms with Crippen LogP contribution in [0.1, 0.15) is 30.7 Å². The number of esters is 1. The van der Waals surface area contributed by atoms with Gasteiger partial charge in [0.1, 0.15) is 25.3 Å². The van der Waals surface area contributed by atoms with E-state index >= 15 is 0 Å². The normalized spacial score (nSPS) is 12.4. The summed E-state index contributed by atoms with van der Waals surface area (Å²) in [7, 11) is 0. The molecule has 35 heavy (non-hydrogen) atoms. The molecular weight excluding hydrogens is 448 g/mol. The highest BCUT2D eigenvalue weighted by atomic mass is 16.5. The summed E-state index contributed by atoms with van der Waals surface area (Å²) >= 11 is 0. The summed E-state index contributed by atoms with van der Waals surface area (Å²) in [4.78, 5) is 45.2. The van der Waals surface area contributed by atoms with Gasteiger partial charge in [-0.3, -0.25) is 4.79 Å². The number of hydrogen-bond donors (Lipinski definition) is 3. The van der Waals surface area contributed by atoms with E-state index in [2.05, 4.69) is 20.6 Å². The number of aromatic nitrogens is 2. The minimum atomic E-state index is -0.998. The Morgan fingerprint density at radius 1 is 0.886 bits per heavy atom. The number of alkyl carbamates (subject to hydrolysis) is 1. The predicted molar refractivity (Wildman–Crippen MR) is 129 cm³/mol. The smallest absolute Gasteiger partial charge is 0.408 e. The van der Waals surface area contributed by atoms with Crippen molar-refractivity contribution in [1.29, 1.82) is 0 Å². The van der Waals surface area contributed by atoms with Crippen LogP contribution < -0.4 is 10.6 Å². The van der Waals surface area contributed by atoms with Gasteiger partial charge >= 0.3 is 12.1 Å². The summed E-state index contributed by atoms with van der Waals surface area (Å²) in [6.45, 7) is 3.77. The molecular formula is C26H30N4O5.